The molecule has 1 unspecified atom stereocenters. The van der Waals surface area contributed by atoms with Crippen LogP contribution in [0.5, 0.6) is 17.4 Å². The van der Waals surface area contributed by atoms with Crippen LogP contribution >= 0.6 is 0 Å². The Morgan fingerprint density at radius 3 is 2.66 bits per heavy atom. The Labute approximate surface area is 167 Å². The molecule has 1 aromatic heterocycles. The number of aromatic hydroxyl groups is 1. The van der Waals surface area contributed by atoms with Crippen LogP contribution in [0.4, 0.5) is 4.39 Å². The highest BCUT2D eigenvalue weighted by molar-refractivity contribution is 5.79. The summed E-state index contributed by atoms with van der Waals surface area (Å²) in [6, 6.07) is 12.1. The Morgan fingerprint density at radius 1 is 1.14 bits per heavy atom. The number of hydrogen-bond acceptors (Lipinski definition) is 5. The lowest BCUT2D eigenvalue weighted by Crippen LogP contribution is -2.32. The predicted octanol–water partition coefficient (Wildman–Crippen LogP) is 4.02. The van der Waals surface area contributed by atoms with Gasteiger partial charge < -0.3 is 14.7 Å². The molecule has 1 fully saturated rings. The average Bonchev–Trinajstić information content (AvgIpc) is 3.22. The molecule has 2 heterocycles. The average molecular weight is 393 g/mol. The molecule has 1 atom stereocenters. The molecule has 0 radical (unpaired) electrons. The molecule has 1 aliphatic heterocycles. The summed E-state index contributed by atoms with van der Waals surface area (Å²) in [6.45, 7) is 0.659. The first-order chi connectivity index (χ1) is 14.1. The standard InChI is InChI=1S/C22H20FN3O3/c23-16-5-9-18(10-6-16)29-21-14-24-13-19(25-21)20-2-1-11-26(20)22(28)12-15-3-7-17(27)8-4-15/h3-10,13-14,20,27H,1-2,11-12H2. The van der Waals surface area contributed by atoms with Gasteiger partial charge >= 0.3 is 0 Å². The van der Waals surface area contributed by atoms with Crippen molar-refractivity contribution in [2.75, 3.05) is 6.54 Å². The van der Waals surface area contributed by atoms with E-state index in [2.05, 4.69) is 9.97 Å². The SMILES string of the molecule is O=C(Cc1ccc(O)cc1)N1CCCC1c1cncc(Oc2ccc(F)cc2)n1. The number of halogens is 1. The summed E-state index contributed by atoms with van der Waals surface area (Å²) in [5.41, 5.74) is 1.51. The third-order valence-electron chi connectivity index (χ3n) is 4.87. The van der Waals surface area contributed by atoms with Gasteiger partial charge in [-0.25, -0.2) is 9.37 Å². The maximum absolute atomic E-state index is 13.1. The van der Waals surface area contributed by atoms with Gasteiger partial charge in [-0.1, -0.05) is 12.1 Å². The Bertz CT molecular complexity index is 993. The van der Waals surface area contributed by atoms with Crippen molar-refractivity contribution in [2.45, 2.75) is 25.3 Å². The van der Waals surface area contributed by atoms with E-state index in [0.29, 0.717) is 23.9 Å². The molecule has 0 aliphatic carbocycles. The molecule has 6 nitrogen and oxygen atoms in total. The minimum absolute atomic E-state index is 0.00449. The van der Waals surface area contributed by atoms with Gasteiger partial charge in [-0.3, -0.25) is 9.78 Å². The Kier molecular flexibility index (Phi) is 5.37. The molecule has 3 aromatic rings. The van der Waals surface area contributed by atoms with Crippen LogP contribution < -0.4 is 4.74 Å². The first-order valence-corrected chi connectivity index (χ1v) is 9.41. The quantitative estimate of drug-likeness (QED) is 0.709. The fourth-order valence-electron chi connectivity index (χ4n) is 3.46. The van der Waals surface area contributed by atoms with Crippen LogP contribution in [-0.4, -0.2) is 32.4 Å². The zero-order valence-electron chi connectivity index (χ0n) is 15.7. The van der Waals surface area contributed by atoms with Gasteiger partial charge in [0.25, 0.3) is 0 Å². The van der Waals surface area contributed by atoms with E-state index in [1.165, 1.54) is 30.5 Å². The molecule has 0 saturated carbocycles. The highest BCUT2D eigenvalue weighted by Crippen LogP contribution is 2.32. The van der Waals surface area contributed by atoms with E-state index >= 15 is 0 Å². The normalized spacial score (nSPS) is 16.0. The van der Waals surface area contributed by atoms with Gasteiger partial charge in [0.15, 0.2) is 0 Å². The monoisotopic (exact) mass is 393 g/mol. The van der Waals surface area contributed by atoms with Gasteiger partial charge in [0.05, 0.1) is 30.6 Å². The Hall–Kier alpha value is -3.48. The van der Waals surface area contributed by atoms with Crippen molar-refractivity contribution in [3.05, 3.63) is 78.0 Å². The number of phenols is 1. The van der Waals surface area contributed by atoms with Crippen molar-refractivity contribution in [3.8, 4) is 17.4 Å². The largest absolute Gasteiger partial charge is 0.508 e. The summed E-state index contributed by atoms with van der Waals surface area (Å²) in [4.78, 5) is 23.4. The van der Waals surface area contributed by atoms with Crippen molar-refractivity contribution in [1.82, 2.24) is 14.9 Å². The van der Waals surface area contributed by atoms with Crippen molar-refractivity contribution in [1.29, 1.82) is 0 Å². The van der Waals surface area contributed by atoms with Crippen LogP contribution in [0.15, 0.2) is 60.9 Å². The second-order valence-corrected chi connectivity index (χ2v) is 6.93. The van der Waals surface area contributed by atoms with E-state index < -0.39 is 0 Å². The minimum atomic E-state index is -0.342. The van der Waals surface area contributed by atoms with Crippen LogP contribution in [0.25, 0.3) is 0 Å². The van der Waals surface area contributed by atoms with Crippen molar-refractivity contribution < 1.29 is 19.0 Å². The molecule has 1 aliphatic rings. The smallest absolute Gasteiger partial charge is 0.238 e. The lowest BCUT2D eigenvalue weighted by Gasteiger charge is -2.24. The van der Waals surface area contributed by atoms with E-state index in [-0.39, 0.29) is 29.9 Å². The minimum Gasteiger partial charge on any atom is -0.508 e. The summed E-state index contributed by atoms with van der Waals surface area (Å²) in [5, 5.41) is 9.40. The third-order valence-corrected chi connectivity index (χ3v) is 4.87. The van der Waals surface area contributed by atoms with E-state index in [0.717, 1.165) is 18.4 Å². The number of phenolic OH excluding ortho intramolecular Hbond substituents is 1. The van der Waals surface area contributed by atoms with Gasteiger partial charge in [-0.2, -0.15) is 0 Å². The maximum atomic E-state index is 13.1. The molecular weight excluding hydrogens is 373 g/mol. The first kappa shape index (κ1) is 18.9. The van der Waals surface area contributed by atoms with Gasteiger partial charge in [0.1, 0.15) is 17.3 Å². The number of aromatic nitrogens is 2. The van der Waals surface area contributed by atoms with Crippen molar-refractivity contribution in [3.63, 3.8) is 0 Å². The summed E-state index contributed by atoms with van der Waals surface area (Å²) < 4.78 is 18.7. The first-order valence-electron chi connectivity index (χ1n) is 9.41. The zero-order valence-corrected chi connectivity index (χ0v) is 15.7. The van der Waals surface area contributed by atoms with Crippen molar-refractivity contribution in [2.24, 2.45) is 0 Å². The second kappa shape index (κ2) is 8.26. The number of rotatable bonds is 5. The van der Waals surface area contributed by atoms with Gasteiger partial charge in [0.2, 0.25) is 11.8 Å². The summed E-state index contributed by atoms with van der Waals surface area (Å²) in [5.74, 6) is 0.598. The lowest BCUT2D eigenvalue weighted by molar-refractivity contribution is -0.131. The van der Waals surface area contributed by atoms with Gasteiger partial charge in [-0.15, -0.1) is 0 Å². The number of amides is 1. The molecule has 29 heavy (non-hydrogen) atoms. The molecule has 7 heteroatoms. The highest BCUT2D eigenvalue weighted by Gasteiger charge is 2.31. The zero-order chi connectivity index (χ0) is 20.2. The second-order valence-electron chi connectivity index (χ2n) is 6.93. The predicted molar refractivity (Wildman–Crippen MR) is 104 cm³/mol. The Morgan fingerprint density at radius 2 is 1.90 bits per heavy atom. The molecule has 1 saturated heterocycles. The van der Waals surface area contributed by atoms with Crippen molar-refractivity contribution >= 4 is 5.91 Å². The number of hydrogen-bond donors (Lipinski definition) is 1. The molecule has 1 N–H and O–H groups in total. The topological polar surface area (TPSA) is 75.5 Å². The summed E-state index contributed by atoms with van der Waals surface area (Å²) in [6.07, 6.45) is 5.08. The van der Waals surface area contributed by atoms with Gasteiger partial charge in [0, 0.05) is 6.54 Å². The summed E-state index contributed by atoms with van der Waals surface area (Å²) >= 11 is 0. The number of carbonyl (C=O) groups excluding carboxylic acids is 1. The van der Waals surface area contributed by atoms with E-state index in [1.54, 1.807) is 30.5 Å². The highest BCUT2D eigenvalue weighted by atomic mass is 19.1. The molecule has 4 rings (SSSR count). The lowest BCUT2D eigenvalue weighted by atomic mass is 10.1. The van der Waals surface area contributed by atoms with Gasteiger partial charge in [-0.05, 0) is 54.8 Å². The summed E-state index contributed by atoms with van der Waals surface area (Å²) in [7, 11) is 0. The maximum Gasteiger partial charge on any atom is 0.238 e. The van der Waals surface area contributed by atoms with Crippen LogP contribution in [0, 0.1) is 5.82 Å². The number of carbonyl (C=O) groups is 1. The van der Waals surface area contributed by atoms with E-state index in [1.807, 2.05) is 4.90 Å². The molecule has 2 aromatic carbocycles. The fraction of sp³-hybridized carbons (Fsp3) is 0.227. The van der Waals surface area contributed by atoms with E-state index in [4.69, 9.17) is 4.74 Å². The van der Waals surface area contributed by atoms with Crippen LogP contribution in [0.3, 0.4) is 0 Å². The number of likely N-dealkylation sites (tertiary alicyclic amines) is 1. The molecular formula is C22H20FN3O3. The van der Waals surface area contributed by atoms with E-state index in [9.17, 15) is 14.3 Å². The number of ether oxygens (including phenoxy) is 1. The molecule has 0 bridgehead atoms. The third kappa shape index (κ3) is 4.51. The fourth-order valence-corrected chi connectivity index (χ4v) is 3.46. The molecule has 1 amide bonds. The van der Waals surface area contributed by atoms with Crippen LogP contribution in [0.2, 0.25) is 0 Å². The number of nitrogens with zero attached hydrogens (tertiary/aromatic N) is 3. The Balaban J connectivity index is 1.48. The van der Waals surface area contributed by atoms with Crippen LogP contribution in [-0.2, 0) is 11.2 Å². The van der Waals surface area contributed by atoms with Crippen LogP contribution in [0.1, 0.15) is 30.1 Å². The molecule has 0 spiro atoms. The number of benzene rings is 2. The molecule has 148 valence electrons.